The van der Waals surface area contributed by atoms with Crippen molar-refractivity contribution < 1.29 is 0 Å². The molecule has 0 rings (SSSR count). The van der Waals surface area contributed by atoms with E-state index in [1.807, 2.05) is 0 Å². The topological polar surface area (TPSA) is 0 Å². The predicted molar refractivity (Wildman–Crippen MR) is 62.0 cm³/mol. The molecule has 0 aliphatic carbocycles. The van der Waals surface area contributed by atoms with Crippen LogP contribution >= 0.6 is 0 Å². The van der Waals surface area contributed by atoms with Crippen molar-refractivity contribution in [3.8, 4) is 0 Å². The highest BCUT2D eigenvalue weighted by Gasteiger charge is 1.94. The molecule has 0 saturated heterocycles. The van der Waals surface area contributed by atoms with Gasteiger partial charge in [-0.3, -0.25) is 0 Å². The van der Waals surface area contributed by atoms with Crippen molar-refractivity contribution in [1.82, 2.24) is 0 Å². The van der Waals surface area contributed by atoms with Crippen LogP contribution < -0.4 is 0 Å². The average Bonchev–Trinajstić information content (AvgIpc) is 2.16. The number of allylic oxidation sites excluding steroid dienone is 2. The van der Waals surface area contributed by atoms with Crippen molar-refractivity contribution in [2.75, 3.05) is 0 Å². The van der Waals surface area contributed by atoms with Crippen molar-refractivity contribution in [3.63, 3.8) is 0 Å². The third-order valence-corrected chi connectivity index (χ3v) is 2.66. The summed E-state index contributed by atoms with van der Waals surface area (Å²) in [6.45, 7) is 6.87. The Hall–Kier alpha value is -0.260. The van der Waals surface area contributed by atoms with E-state index < -0.39 is 0 Å². The van der Waals surface area contributed by atoms with E-state index in [0.29, 0.717) is 0 Å². The van der Waals surface area contributed by atoms with Gasteiger partial charge in [-0.25, -0.2) is 0 Å². The summed E-state index contributed by atoms with van der Waals surface area (Å²) in [5.74, 6) is 0.903. The van der Waals surface area contributed by atoms with Gasteiger partial charge >= 0.3 is 0 Å². The summed E-state index contributed by atoms with van der Waals surface area (Å²) in [6, 6.07) is 0. The first kappa shape index (κ1) is 12.7. The van der Waals surface area contributed by atoms with Crippen LogP contribution in [-0.2, 0) is 0 Å². The van der Waals surface area contributed by atoms with Crippen LogP contribution in [0.25, 0.3) is 0 Å². The van der Waals surface area contributed by atoms with E-state index in [4.69, 9.17) is 0 Å². The summed E-state index contributed by atoms with van der Waals surface area (Å²) in [5.41, 5.74) is 0. The molecular formula is C13H26. The summed E-state index contributed by atoms with van der Waals surface area (Å²) < 4.78 is 0. The van der Waals surface area contributed by atoms with Gasteiger partial charge in [-0.05, 0) is 31.6 Å². The summed E-state index contributed by atoms with van der Waals surface area (Å²) in [6.07, 6.45) is 14.1. The molecule has 0 heterocycles. The van der Waals surface area contributed by atoms with Gasteiger partial charge in [-0.15, -0.1) is 0 Å². The molecule has 0 saturated carbocycles. The Morgan fingerprint density at radius 1 is 1.00 bits per heavy atom. The SMILES string of the molecule is CCCCCC=CCCC(C)CC. The average molecular weight is 182 g/mol. The molecule has 0 spiro atoms. The molecule has 0 fully saturated rings. The predicted octanol–water partition coefficient (Wildman–Crippen LogP) is 4.95. The normalized spacial score (nSPS) is 13.8. The van der Waals surface area contributed by atoms with Crippen LogP contribution in [-0.4, -0.2) is 0 Å². The molecule has 0 aliphatic rings. The monoisotopic (exact) mass is 182 g/mol. The maximum absolute atomic E-state index is 2.36. The van der Waals surface area contributed by atoms with E-state index in [9.17, 15) is 0 Å². The van der Waals surface area contributed by atoms with Gasteiger partial charge in [0.15, 0.2) is 0 Å². The molecule has 78 valence electrons. The zero-order valence-electron chi connectivity index (χ0n) is 9.68. The van der Waals surface area contributed by atoms with Crippen molar-refractivity contribution in [2.24, 2.45) is 5.92 Å². The van der Waals surface area contributed by atoms with Crippen molar-refractivity contribution >= 4 is 0 Å². The zero-order valence-corrected chi connectivity index (χ0v) is 9.68. The highest BCUT2D eigenvalue weighted by atomic mass is 14.0. The Morgan fingerprint density at radius 2 is 1.69 bits per heavy atom. The summed E-state index contributed by atoms with van der Waals surface area (Å²) >= 11 is 0. The van der Waals surface area contributed by atoms with Crippen molar-refractivity contribution in [2.45, 2.75) is 65.7 Å². The minimum atomic E-state index is 0.903. The first-order valence-electron chi connectivity index (χ1n) is 5.96. The quantitative estimate of drug-likeness (QED) is 0.368. The summed E-state index contributed by atoms with van der Waals surface area (Å²) in [5, 5.41) is 0. The molecule has 0 bridgehead atoms. The number of hydrogen-bond donors (Lipinski definition) is 0. The Bertz CT molecular complexity index is 113. The van der Waals surface area contributed by atoms with Crippen LogP contribution in [0.1, 0.15) is 65.7 Å². The van der Waals surface area contributed by atoms with Crippen LogP contribution in [0.2, 0.25) is 0 Å². The van der Waals surface area contributed by atoms with Crippen molar-refractivity contribution in [3.05, 3.63) is 12.2 Å². The van der Waals surface area contributed by atoms with Crippen LogP contribution in [0.4, 0.5) is 0 Å². The van der Waals surface area contributed by atoms with Crippen LogP contribution in [0.15, 0.2) is 12.2 Å². The highest BCUT2D eigenvalue weighted by molar-refractivity contribution is 4.81. The molecule has 0 aromatic rings. The molecule has 0 aromatic heterocycles. The van der Waals surface area contributed by atoms with Crippen LogP contribution in [0.3, 0.4) is 0 Å². The van der Waals surface area contributed by atoms with Gasteiger partial charge in [-0.1, -0.05) is 52.2 Å². The third kappa shape index (κ3) is 9.66. The van der Waals surface area contributed by atoms with Gasteiger partial charge in [0.2, 0.25) is 0 Å². The van der Waals surface area contributed by atoms with Gasteiger partial charge in [0.05, 0.1) is 0 Å². The molecule has 0 nitrogen and oxygen atoms in total. The van der Waals surface area contributed by atoms with Crippen LogP contribution in [0.5, 0.6) is 0 Å². The largest absolute Gasteiger partial charge is 0.0885 e. The third-order valence-electron chi connectivity index (χ3n) is 2.66. The molecule has 0 aliphatic heterocycles. The zero-order chi connectivity index (χ0) is 9.94. The lowest BCUT2D eigenvalue weighted by Gasteiger charge is -2.04. The van der Waals surface area contributed by atoms with Gasteiger partial charge in [0.1, 0.15) is 0 Å². The molecular weight excluding hydrogens is 156 g/mol. The van der Waals surface area contributed by atoms with E-state index in [2.05, 4.69) is 32.9 Å². The van der Waals surface area contributed by atoms with Gasteiger partial charge in [0.25, 0.3) is 0 Å². The number of unbranched alkanes of at least 4 members (excludes halogenated alkanes) is 3. The first-order valence-corrected chi connectivity index (χ1v) is 5.96. The van der Waals surface area contributed by atoms with E-state index in [-0.39, 0.29) is 0 Å². The lowest BCUT2D eigenvalue weighted by Crippen LogP contribution is -1.89. The fraction of sp³-hybridized carbons (Fsp3) is 0.846. The molecule has 0 amide bonds. The second-order valence-electron chi connectivity index (χ2n) is 4.06. The maximum Gasteiger partial charge on any atom is -0.0348 e. The number of rotatable bonds is 8. The lowest BCUT2D eigenvalue weighted by molar-refractivity contribution is 0.521. The van der Waals surface area contributed by atoms with Gasteiger partial charge < -0.3 is 0 Å². The van der Waals surface area contributed by atoms with Crippen molar-refractivity contribution in [1.29, 1.82) is 0 Å². The molecule has 0 radical (unpaired) electrons. The molecule has 1 unspecified atom stereocenters. The second kappa shape index (κ2) is 9.83. The molecule has 0 N–H and O–H groups in total. The minimum absolute atomic E-state index is 0.903. The molecule has 0 aromatic carbocycles. The Morgan fingerprint density at radius 3 is 2.31 bits per heavy atom. The summed E-state index contributed by atoms with van der Waals surface area (Å²) in [7, 11) is 0. The smallest absolute Gasteiger partial charge is 0.0348 e. The first-order chi connectivity index (χ1) is 6.31. The number of hydrogen-bond acceptors (Lipinski definition) is 0. The lowest BCUT2D eigenvalue weighted by atomic mass is 10.0. The minimum Gasteiger partial charge on any atom is -0.0885 e. The second-order valence-corrected chi connectivity index (χ2v) is 4.06. The fourth-order valence-corrected chi connectivity index (χ4v) is 1.33. The van der Waals surface area contributed by atoms with E-state index in [1.165, 1.54) is 44.9 Å². The van der Waals surface area contributed by atoms with Crippen LogP contribution in [0, 0.1) is 5.92 Å². The van der Waals surface area contributed by atoms with Gasteiger partial charge in [-0.2, -0.15) is 0 Å². The Balaban J connectivity index is 3.12. The molecule has 1 atom stereocenters. The Kier molecular flexibility index (Phi) is 9.63. The molecule has 0 heteroatoms. The van der Waals surface area contributed by atoms with Gasteiger partial charge in [0, 0.05) is 0 Å². The standard InChI is InChI=1S/C13H26/c1-4-6-7-8-9-10-11-12-13(3)5-2/h9-10,13H,4-8,11-12H2,1-3H3. The van der Waals surface area contributed by atoms with E-state index >= 15 is 0 Å². The molecule has 13 heavy (non-hydrogen) atoms. The summed E-state index contributed by atoms with van der Waals surface area (Å²) in [4.78, 5) is 0. The van der Waals surface area contributed by atoms with E-state index in [0.717, 1.165) is 5.92 Å². The fourth-order valence-electron chi connectivity index (χ4n) is 1.33. The maximum atomic E-state index is 2.36. The Labute approximate surface area is 84.4 Å². The van der Waals surface area contributed by atoms with E-state index in [1.54, 1.807) is 0 Å². The highest BCUT2D eigenvalue weighted by Crippen LogP contribution is 2.10.